The predicted molar refractivity (Wildman–Crippen MR) is 87.0 cm³/mol. The maximum Gasteiger partial charge on any atom is 0.122 e. The molecule has 0 heterocycles. The molecule has 3 nitrogen and oxygen atoms in total. The van der Waals surface area contributed by atoms with Gasteiger partial charge in [-0.3, -0.25) is 0 Å². The first-order chi connectivity index (χ1) is 10.4. The normalized spacial score (nSPS) is 17.5. The number of rotatable bonds is 9. The van der Waals surface area contributed by atoms with Crippen LogP contribution in [0.1, 0.15) is 56.7 Å². The molecular weight excluding hydrogens is 262 g/mol. The third-order valence-electron chi connectivity index (χ3n) is 4.00. The van der Waals surface area contributed by atoms with E-state index in [1.165, 1.54) is 30.4 Å². The largest absolute Gasteiger partial charge is 0.493 e. The maximum absolute atomic E-state index is 6.00. The summed E-state index contributed by atoms with van der Waals surface area (Å²) in [5.41, 5.74) is 2.85. The maximum atomic E-state index is 6.00. The molecule has 1 unspecified atom stereocenters. The van der Waals surface area contributed by atoms with Crippen molar-refractivity contribution in [3.63, 3.8) is 0 Å². The Balaban J connectivity index is 1.96. The highest BCUT2D eigenvalue weighted by Crippen LogP contribution is 2.35. The highest BCUT2D eigenvalue weighted by atomic mass is 16.5. The van der Waals surface area contributed by atoms with E-state index in [1.807, 2.05) is 6.92 Å². The van der Waals surface area contributed by atoms with E-state index in [0.717, 1.165) is 45.0 Å². The van der Waals surface area contributed by atoms with Gasteiger partial charge >= 0.3 is 0 Å². The Morgan fingerprint density at radius 3 is 2.95 bits per heavy atom. The minimum absolute atomic E-state index is 0.501. The number of fused-ring (bicyclic) bond motifs is 1. The number of nitrogens with one attached hydrogen (secondary N) is 1. The van der Waals surface area contributed by atoms with Gasteiger partial charge in [-0.05, 0) is 56.3 Å². The van der Waals surface area contributed by atoms with Crippen molar-refractivity contribution in [2.24, 2.45) is 0 Å². The van der Waals surface area contributed by atoms with Crippen molar-refractivity contribution in [2.75, 3.05) is 26.4 Å². The fourth-order valence-corrected chi connectivity index (χ4v) is 2.97. The fourth-order valence-electron chi connectivity index (χ4n) is 2.97. The average molecular weight is 291 g/mol. The monoisotopic (exact) mass is 291 g/mol. The Labute approximate surface area is 129 Å². The summed E-state index contributed by atoms with van der Waals surface area (Å²) in [4.78, 5) is 0. The van der Waals surface area contributed by atoms with Gasteiger partial charge in [0.25, 0.3) is 0 Å². The molecule has 0 saturated carbocycles. The van der Waals surface area contributed by atoms with E-state index in [9.17, 15) is 0 Å². The summed E-state index contributed by atoms with van der Waals surface area (Å²) in [6, 6.07) is 7.00. The topological polar surface area (TPSA) is 30.5 Å². The third kappa shape index (κ3) is 4.72. The first kappa shape index (κ1) is 16.3. The zero-order valence-electron chi connectivity index (χ0n) is 13.5. The van der Waals surface area contributed by atoms with Gasteiger partial charge in [0.1, 0.15) is 5.75 Å². The number of benzene rings is 1. The second-order valence-electron chi connectivity index (χ2n) is 5.62. The lowest BCUT2D eigenvalue weighted by atomic mass is 9.87. The van der Waals surface area contributed by atoms with Gasteiger partial charge in [-0.2, -0.15) is 0 Å². The summed E-state index contributed by atoms with van der Waals surface area (Å²) in [6.45, 7) is 7.64. The molecule has 0 radical (unpaired) electrons. The molecule has 1 aliphatic rings. The Hall–Kier alpha value is -1.06. The lowest BCUT2D eigenvalue weighted by molar-refractivity contribution is 0.130. The van der Waals surface area contributed by atoms with Crippen LogP contribution in [0.25, 0.3) is 0 Å². The number of ether oxygens (including phenoxy) is 2. The van der Waals surface area contributed by atoms with Gasteiger partial charge in [-0.15, -0.1) is 0 Å². The lowest BCUT2D eigenvalue weighted by Gasteiger charge is -2.28. The van der Waals surface area contributed by atoms with Crippen LogP contribution in [0.3, 0.4) is 0 Å². The van der Waals surface area contributed by atoms with Gasteiger partial charge in [-0.1, -0.05) is 19.1 Å². The van der Waals surface area contributed by atoms with Crippen LogP contribution in [0, 0.1) is 0 Å². The van der Waals surface area contributed by atoms with Crippen LogP contribution in [0.4, 0.5) is 0 Å². The minimum atomic E-state index is 0.501. The molecule has 0 aromatic heterocycles. The Kier molecular flexibility index (Phi) is 7.04. The SMILES string of the molecule is CCCNC1CCCc2c(OCCCOCC)cccc21. The predicted octanol–water partition coefficient (Wildman–Crippen LogP) is 3.87. The van der Waals surface area contributed by atoms with Crippen molar-refractivity contribution in [3.05, 3.63) is 29.3 Å². The van der Waals surface area contributed by atoms with Gasteiger partial charge in [0.05, 0.1) is 6.61 Å². The molecular formula is C18H29NO2. The smallest absolute Gasteiger partial charge is 0.122 e. The highest BCUT2D eigenvalue weighted by molar-refractivity contribution is 5.43. The molecule has 0 bridgehead atoms. The lowest BCUT2D eigenvalue weighted by Crippen LogP contribution is -2.26. The van der Waals surface area contributed by atoms with Crippen molar-refractivity contribution >= 4 is 0 Å². The van der Waals surface area contributed by atoms with Gasteiger partial charge in [0.15, 0.2) is 0 Å². The van der Waals surface area contributed by atoms with Crippen LogP contribution < -0.4 is 10.1 Å². The second kappa shape index (κ2) is 9.06. The summed E-state index contributed by atoms with van der Waals surface area (Å²) in [6.07, 6.45) is 5.75. The van der Waals surface area contributed by atoms with E-state index in [4.69, 9.17) is 9.47 Å². The Morgan fingerprint density at radius 1 is 1.24 bits per heavy atom. The molecule has 0 spiro atoms. The van der Waals surface area contributed by atoms with Crippen molar-refractivity contribution in [3.8, 4) is 5.75 Å². The number of hydrogen-bond donors (Lipinski definition) is 1. The van der Waals surface area contributed by atoms with E-state index >= 15 is 0 Å². The zero-order chi connectivity index (χ0) is 14.9. The van der Waals surface area contributed by atoms with E-state index in [0.29, 0.717) is 6.04 Å². The molecule has 0 aliphatic heterocycles. The first-order valence-electron chi connectivity index (χ1n) is 8.42. The molecule has 1 aromatic carbocycles. The molecule has 118 valence electrons. The van der Waals surface area contributed by atoms with Crippen molar-refractivity contribution in [1.29, 1.82) is 0 Å². The van der Waals surface area contributed by atoms with Crippen LogP contribution in [-0.2, 0) is 11.2 Å². The van der Waals surface area contributed by atoms with Crippen molar-refractivity contribution < 1.29 is 9.47 Å². The van der Waals surface area contributed by atoms with Gasteiger partial charge in [0, 0.05) is 25.7 Å². The van der Waals surface area contributed by atoms with Crippen LogP contribution in [0.2, 0.25) is 0 Å². The highest BCUT2D eigenvalue weighted by Gasteiger charge is 2.22. The summed E-state index contributed by atoms with van der Waals surface area (Å²) in [7, 11) is 0. The Bertz CT molecular complexity index is 420. The zero-order valence-corrected chi connectivity index (χ0v) is 13.5. The van der Waals surface area contributed by atoms with Gasteiger partial charge < -0.3 is 14.8 Å². The summed E-state index contributed by atoms with van der Waals surface area (Å²) in [5.74, 6) is 1.08. The van der Waals surface area contributed by atoms with Crippen LogP contribution in [0.15, 0.2) is 18.2 Å². The molecule has 0 saturated heterocycles. The second-order valence-corrected chi connectivity index (χ2v) is 5.62. The third-order valence-corrected chi connectivity index (χ3v) is 4.00. The molecule has 1 atom stereocenters. The molecule has 1 aliphatic carbocycles. The van der Waals surface area contributed by atoms with Crippen LogP contribution in [-0.4, -0.2) is 26.4 Å². The standard InChI is InChI=1S/C18H29NO2/c1-3-12-19-17-10-5-9-16-15(17)8-6-11-18(16)21-14-7-13-20-4-2/h6,8,11,17,19H,3-5,7,9-10,12-14H2,1-2H3. The summed E-state index contributed by atoms with van der Waals surface area (Å²) >= 11 is 0. The minimum Gasteiger partial charge on any atom is -0.493 e. The number of hydrogen-bond acceptors (Lipinski definition) is 3. The van der Waals surface area contributed by atoms with Crippen LogP contribution in [0.5, 0.6) is 5.75 Å². The van der Waals surface area contributed by atoms with Gasteiger partial charge in [0.2, 0.25) is 0 Å². The summed E-state index contributed by atoms with van der Waals surface area (Å²) in [5, 5.41) is 3.66. The van der Waals surface area contributed by atoms with E-state index in [1.54, 1.807) is 0 Å². The van der Waals surface area contributed by atoms with E-state index < -0.39 is 0 Å². The summed E-state index contributed by atoms with van der Waals surface area (Å²) < 4.78 is 11.4. The van der Waals surface area contributed by atoms with E-state index in [2.05, 4.69) is 30.4 Å². The average Bonchev–Trinajstić information content (AvgIpc) is 2.53. The van der Waals surface area contributed by atoms with Crippen molar-refractivity contribution in [1.82, 2.24) is 5.32 Å². The molecule has 21 heavy (non-hydrogen) atoms. The molecule has 1 N–H and O–H groups in total. The molecule has 0 fully saturated rings. The van der Waals surface area contributed by atoms with Crippen molar-refractivity contribution in [2.45, 2.75) is 52.0 Å². The van der Waals surface area contributed by atoms with E-state index in [-0.39, 0.29) is 0 Å². The first-order valence-corrected chi connectivity index (χ1v) is 8.42. The molecule has 0 amide bonds. The molecule has 1 aromatic rings. The van der Waals surface area contributed by atoms with Gasteiger partial charge in [-0.25, -0.2) is 0 Å². The quantitative estimate of drug-likeness (QED) is 0.701. The molecule has 2 rings (SSSR count). The fraction of sp³-hybridized carbons (Fsp3) is 0.667. The Morgan fingerprint density at radius 2 is 2.14 bits per heavy atom. The molecule has 3 heteroatoms. The van der Waals surface area contributed by atoms with Crippen LogP contribution >= 0.6 is 0 Å².